The third kappa shape index (κ3) is 8.56. The SMILES string of the molecule is C[C@@H]1[C@@H](C)C/C=C(\F)[C@H](C(=O)N(C)CCCN2CCOCC2)N2CCC[C@H]2CN2C[C@@]3(CCCc4cc(Cl)ccc43)COc3ccc(cc32)C(=O)NS1(=O)=O. The van der Waals surface area contributed by atoms with Crippen LogP contribution in [0.3, 0.4) is 0 Å². The number of amides is 2. The maximum Gasteiger partial charge on any atom is 0.264 e. The molecule has 2 saturated heterocycles. The molecule has 5 aliphatic rings. The number of nitrogens with one attached hydrogen (secondary N) is 1. The Balaban J connectivity index is 1.26. The molecule has 2 aromatic rings. The van der Waals surface area contributed by atoms with Crippen LogP contribution in [0.2, 0.25) is 5.02 Å². The van der Waals surface area contributed by atoms with E-state index in [1.807, 2.05) is 17.0 Å². The van der Waals surface area contributed by atoms with Crippen molar-refractivity contribution in [2.24, 2.45) is 5.92 Å². The summed E-state index contributed by atoms with van der Waals surface area (Å²) in [5, 5.41) is -0.322. The molecule has 0 saturated carbocycles. The molecule has 300 valence electrons. The molecule has 1 aliphatic carbocycles. The summed E-state index contributed by atoms with van der Waals surface area (Å²) in [6, 6.07) is 9.80. The molecule has 7 rings (SSSR count). The lowest BCUT2D eigenvalue weighted by atomic mass is 9.70. The standard InChI is InChI=1S/C41H55ClFN5O6S/c1-28-9-13-35(43)38(40(50)45(3)16-6-17-46-19-21-53-22-20-46)48-18-5-8-33(48)25-47-26-41(15-4-7-30-23-32(42)11-12-34(30)41)27-54-37-14-10-31(24-36(37)47)39(49)44-55(51,52)29(28)2/h10-14,23-24,28-29,33,38H,4-9,15-22,25-27H2,1-3H3,(H,44,49)/b35-13-/t28-,29+,33-,38+,41-/m0/s1. The van der Waals surface area contributed by atoms with Gasteiger partial charge in [-0.25, -0.2) is 17.5 Å². The maximum atomic E-state index is 16.8. The highest BCUT2D eigenvalue weighted by atomic mass is 35.5. The van der Waals surface area contributed by atoms with Crippen molar-refractivity contribution in [1.29, 1.82) is 0 Å². The Hall–Kier alpha value is -3.23. The van der Waals surface area contributed by atoms with E-state index in [4.69, 9.17) is 21.1 Å². The molecular weight excluding hydrogens is 745 g/mol. The predicted octanol–water partition coefficient (Wildman–Crippen LogP) is 5.17. The number of sulfonamides is 1. The van der Waals surface area contributed by atoms with Crippen LogP contribution in [-0.2, 0) is 31.4 Å². The van der Waals surface area contributed by atoms with Gasteiger partial charge in [-0.1, -0.05) is 30.7 Å². The number of carbonyl (C=O) groups is 2. The topological polar surface area (TPSA) is 112 Å². The molecule has 2 fully saturated rings. The number of nitrogens with zero attached hydrogens (tertiary/aromatic N) is 4. The first kappa shape index (κ1) is 40.0. The Bertz CT molecular complexity index is 1890. The Morgan fingerprint density at radius 1 is 1.11 bits per heavy atom. The minimum Gasteiger partial charge on any atom is -0.490 e. The van der Waals surface area contributed by atoms with Gasteiger partial charge in [-0.3, -0.25) is 19.4 Å². The molecular formula is C41H55ClFN5O6S. The van der Waals surface area contributed by atoms with Crippen molar-refractivity contribution in [3.05, 3.63) is 70.0 Å². The van der Waals surface area contributed by atoms with Crippen LogP contribution in [0.5, 0.6) is 5.75 Å². The van der Waals surface area contributed by atoms with E-state index in [1.165, 1.54) is 24.1 Å². The number of aryl methyl sites for hydroxylation is 1. The summed E-state index contributed by atoms with van der Waals surface area (Å²) in [5.41, 5.74) is 2.84. The molecule has 1 N–H and O–H groups in total. The van der Waals surface area contributed by atoms with Gasteiger partial charge in [0.05, 0.1) is 30.8 Å². The van der Waals surface area contributed by atoms with Gasteiger partial charge in [-0.2, -0.15) is 0 Å². The summed E-state index contributed by atoms with van der Waals surface area (Å²) < 4.78 is 58.3. The molecule has 4 aliphatic heterocycles. The molecule has 0 aromatic heterocycles. The number of morpholine rings is 1. The van der Waals surface area contributed by atoms with Crippen LogP contribution in [0, 0.1) is 5.92 Å². The smallest absolute Gasteiger partial charge is 0.264 e. The number of halogens is 2. The number of ether oxygens (including phenoxy) is 2. The lowest BCUT2D eigenvalue weighted by Gasteiger charge is -2.42. The van der Waals surface area contributed by atoms with Crippen LogP contribution >= 0.6 is 11.6 Å². The highest BCUT2D eigenvalue weighted by molar-refractivity contribution is 7.90. The average molecular weight is 800 g/mol. The number of likely N-dealkylation sites (N-methyl/N-ethyl adjacent to an activating group) is 1. The van der Waals surface area contributed by atoms with Crippen LogP contribution in [0.25, 0.3) is 0 Å². The highest BCUT2D eigenvalue weighted by Gasteiger charge is 2.45. The fourth-order valence-electron chi connectivity index (χ4n) is 9.19. The van der Waals surface area contributed by atoms with Gasteiger partial charge >= 0.3 is 0 Å². The van der Waals surface area contributed by atoms with Crippen molar-refractivity contribution in [3.63, 3.8) is 0 Å². The van der Waals surface area contributed by atoms with Crippen LogP contribution in [0.4, 0.5) is 10.1 Å². The average Bonchev–Trinajstić information content (AvgIpc) is 3.56. The van der Waals surface area contributed by atoms with Crippen molar-refractivity contribution in [2.45, 2.75) is 81.5 Å². The van der Waals surface area contributed by atoms with Gasteiger partial charge in [0, 0.05) is 68.4 Å². The maximum absolute atomic E-state index is 16.8. The summed E-state index contributed by atoms with van der Waals surface area (Å²) in [7, 11) is -2.39. The molecule has 55 heavy (non-hydrogen) atoms. The van der Waals surface area contributed by atoms with Crippen molar-refractivity contribution < 1.29 is 31.9 Å². The monoisotopic (exact) mass is 799 g/mol. The number of hydrogen-bond acceptors (Lipinski definition) is 9. The van der Waals surface area contributed by atoms with E-state index in [0.717, 1.165) is 58.2 Å². The molecule has 2 aromatic carbocycles. The summed E-state index contributed by atoms with van der Waals surface area (Å²) in [6.07, 6.45) is 6.51. The van der Waals surface area contributed by atoms with Gasteiger partial charge in [0.2, 0.25) is 15.9 Å². The van der Waals surface area contributed by atoms with E-state index in [-0.39, 0.29) is 23.9 Å². The third-order valence-corrected chi connectivity index (χ3v) is 14.8. The van der Waals surface area contributed by atoms with Gasteiger partial charge in [0.15, 0.2) is 0 Å². The van der Waals surface area contributed by atoms with Gasteiger partial charge in [0.25, 0.3) is 5.91 Å². The number of benzene rings is 2. The largest absolute Gasteiger partial charge is 0.490 e. The van der Waals surface area contributed by atoms with E-state index < -0.39 is 44.4 Å². The Labute approximate surface area is 330 Å². The van der Waals surface area contributed by atoms with Crippen molar-refractivity contribution >= 4 is 39.1 Å². The summed E-state index contributed by atoms with van der Waals surface area (Å²) >= 11 is 6.47. The Morgan fingerprint density at radius 2 is 1.91 bits per heavy atom. The van der Waals surface area contributed by atoms with Crippen LogP contribution in [0.1, 0.15) is 73.9 Å². The Kier molecular flexibility index (Phi) is 12.1. The van der Waals surface area contributed by atoms with E-state index in [0.29, 0.717) is 62.5 Å². The van der Waals surface area contributed by atoms with Gasteiger partial charge in [0.1, 0.15) is 17.6 Å². The summed E-state index contributed by atoms with van der Waals surface area (Å²) in [4.78, 5) is 36.3. The number of fused-ring (bicyclic) bond motifs is 4. The fourth-order valence-corrected chi connectivity index (χ4v) is 10.7. The molecule has 1 spiro atoms. The fraction of sp³-hybridized carbons (Fsp3) is 0.610. The normalized spacial score (nSPS) is 29.9. The molecule has 11 nitrogen and oxygen atoms in total. The number of hydrogen-bond donors (Lipinski definition) is 1. The van der Waals surface area contributed by atoms with E-state index in [9.17, 15) is 18.0 Å². The summed E-state index contributed by atoms with van der Waals surface area (Å²) in [6.45, 7) is 9.62. The second kappa shape index (κ2) is 16.7. The second-order valence-corrected chi connectivity index (χ2v) is 18.7. The van der Waals surface area contributed by atoms with Gasteiger partial charge < -0.3 is 19.3 Å². The molecule has 0 unspecified atom stereocenters. The van der Waals surface area contributed by atoms with E-state index in [2.05, 4.69) is 20.6 Å². The van der Waals surface area contributed by atoms with E-state index in [1.54, 1.807) is 37.1 Å². The first-order valence-corrected chi connectivity index (χ1v) is 21.8. The number of rotatable bonds is 5. The second-order valence-electron chi connectivity index (χ2n) is 16.3. The Morgan fingerprint density at radius 3 is 2.71 bits per heavy atom. The summed E-state index contributed by atoms with van der Waals surface area (Å²) in [5.74, 6) is -1.55. The minimum absolute atomic E-state index is 0.0827. The first-order valence-electron chi connectivity index (χ1n) is 19.9. The highest BCUT2D eigenvalue weighted by Crippen LogP contribution is 2.45. The van der Waals surface area contributed by atoms with Crippen LogP contribution in [-0.4, -0.2) is 125 Å². The van der Waals surface area contributed by atoms with Crippen molar-refractivity contribution in [2.75, 3.05) is 77.6 Å². The van der Waals surface area contributed by atoms with Crippen molar-refractivity contribution in [1.82, 2.24) is 19.4 Å². The lowest BCUT2D eigenvalue weighted by molar-refractivity contribution is -0.135. The molecule has 2 bridgehead atoms. The molecule has 5 atom stereocenters. The molecule has 4 heterocycles. The molecule has 0 radical (unpaired) electrons. The van der Waals surface area contributed by atoms with Crippen LogP contribution in [0.15, 0.2) is 48.3 Å². The van der Waals surface area contributed by atoms with Gasteiger partial charge in [-0.05, 0) is 106 Å². The zero-order valence-electron chi connectivity index (χ0n) is 32.3. The van der Waals surface area contributed by atoms with Crippen LogP contribution < -0.4 is 14.4 Å². The van der Waals surface area contributed by atoms with Crippen molar-refractivity contribution in [3.8, 4) is 5.75 Å². The minimum atomic E-state index is -4.14. The quantitative estimate of drug-likeness (QED) is 0.439. The first-order chi connectivity index (χ1) is 26.3. The van der Waals surface area contributed by atoms with E-state index >= 15 is 4.39 Å². The lowest BCUT2D eigenvalue weighted by Crippen LogP contribution is -2.54. The third-order valence-electron chi connectivity index (χ3n) is 12.6. The van der Waals surface area contributed by atoms with Gasteiger partial charge in [-0.15, -0.1) is 0 Å². The molecule has 14 heteroatoms. The zero-order valence-corrected chi connectivity index (χ0v) is 33.8. The number of anilines is 1. The number of carbonyl (C=O) groups excluding carboxylic acids is 2. The zero-order chi connectivity index (χ0) is 38.9. The predicted molar refractivity (Wildman–Crippen MR) is 212 cm³/mol. The number of allylic oxidation sites excluding steroid dienone is 1. The molecule has 2 amide bonds.